The molecular weight excluding hydrogens is 301 g/mol. The molecule has 0 bridgehead atoms. The monoisotopic (exact) mass is 317 g/mol. The lowest BCUT2D eigenvalue weighted by Crippen LogP contribution is -2.53. The number of piperazine rings is 1. The predicted octanol–water partition coefficient (Wildman–Crippen LogP) is 0.000100. The maximum atomic E-state index is 13.6. The van der Waals surface area contributed by atoms with Crippen molar-refractivity contribution in [2.45, 2.75) is 18.0 Å². The van der Waals surface area contributed by atoms with Crippen molar-refractivity contribution in [3.8, 4) is 0 Å². The van der Waals surface area contributed by atoms with Crippen LogP contribution in [0.2, 0.25) is 0 Å². The Labute approximate surface area is 122 Å². The van der Waals surface area contributed by atoms with Gasteiger partial charge in [-0.3, -0.25) is 9.69 Å². The number of hydrogen-bond acceptors (Lipinski definition) is 5. The van der Waals surface area contributed by atoms with E-state index >= 15 is 0 Å². The lowest BCUT2D eigenvalue weighted by Gasteiger charge is -2.35. The van der Waals surface area contributed by atoms with Crippen LogP contribution in [0.15, 0.2) is 23.4 Å². The van der Waals surface area contributed by atoms with E-state index in [9.17, 15) is 17.6 Å². The molecule has 0 saturated carbocycles. The number of halogens is 1. The van der Waals surface area contributed by atoms with Crippen molar-refractivity contribution >= 4 is 16.0 Å². The van der Waals surface area contributed by atoms with E-state index in [0.717, 1.165) is 10.4 Å². The number of nitrogens with zero attached hydrogens (tertiary/aromatic N) is 3. The number of carboxylic acid groups (broad SMARTS) is 1. The number of aromatic nitrogens is 1. The second-order valence-electron chi connectivity index (χ2n) is 4.74. The standard InChI is InChI=1S/C12H16FN3O4S/c1-9(12(17)18)15-5-7-16(8-6-15)21(19,20)11-10(13)3-2-4-14-11/h2-4,9H,5-8H2,1H3,(H,17,18). The lowest BCUT2D eigenvalue weighted by atomic mass is 10.2. The van der Waals surface area contributed by atoms with Gasteiger partial charge in [0, 0.05) is 32.4 Å². The molecule has 1 fully saturated rings. The van der Waals surface area contributed by atoms with Crippen LogP contribution in [0.1, 0.15) is 6.92 Å². The highest BCUT2D eigenvalue weighted by atomic mass is 32.2. The molecule has 21 heavy (non-hydrogen) atoms. The van der Waals surface area contributed by atoms with Gasteiger partial charge in [0.25, 0.3) is 10.0 Å². The number of carbonyl (C=O) groups is 1. The Morgan fingerprint density at radius 3 is 2.52 bits per heavy atom. The van der Waals surface area contributed by atoms with Gasteiger partial charge in [-0.1, -0.05) is 0 Å². The quantitative estimate of drug-likeness (QED) is 0.840. The van der Waals surface area contributed by atoms with Gasteiger partial charge in [0.05, 0.1) is 0 Å². The smallest absolute Gasteiger partial charge is 0.320 e. The van der Waals surface area contributed by atoms with E-state index < -0.39 is 32.9 Å². The van der Waals surface area contributed by atoms with Gasteiger partial charge in [-0.2, -0.15) is 4.31 Å². The van der Waals surface area contributed by atoms with Crippen LogP contribution < -0.4 is 0 Å². The van der Waals surface area contributed by atoms with Gasteiger partial charge in [0.1, 0.15) is 6.04 Å². The minimum Gasteiger partial charge on any atom is -0.480 e. The van der Waals surface area contributed by atoms with Gasteiger partial charge in [0.2, 0.25) is 5.03 Å². The van der Waals surface area contributed by atoms with Crippen molar-refractivity contribution < 1.29 is 22.7 Å². The molecule has 0 aliphatic carbocycles. The van der Waals surface area contributed by atoms with Crippen molar-refractivity contribution in [3.05, 3.63) is 24.1 Å². The van der Waals surface area contributed by atoms with Crippen LogP contribution in [0.5, 0.6) is 0 Å². The molecule has 1 aromatic heterocycles. The topological polar surface area (TPSA) is 90.8 Å². The first-order valence-corrected chi connectivity index (χ1v) is 7.85. The number of rotatable bonds is 4. The minimum absolute atomic E-state index is 0.107. The summed E-state index contributed by atoms with van der Waals surface area (Å²) in [6.07, 6.45) is 1.22. The largest absolute Gasteiger partial charge is 0.480 e. The molecule has 0 spiro atoms. The summed E-state index contributed by atoms with van der Waals surface area (Å²) in [5, 5.41) is 8.35. The van der Waals surface area contributed by atoms with Crippen LogP contribution >= 0.6 is 0 Å². The summed E-state index contributed by atoms with van der Waals surface area (Å²) < 4.78 is 39.3. The van der Waals surface area contributed by atoms with Crippen LogP contribution in [0.25, 0.3) is 0 Å². The maximum absolute atomic E-state index is 13.6. The second-order valence-corrected chi connectivity index (χ2v) is 6.60. The highest BCUT2D eigenvalue weighted by Gasteiger charge is 2.33. The van der Waals surface area contributed by atoms with Gasteiger partial charge in [0.15, 0.2) is 5.82 Å². The van der Waals surface area contributed by atoms with Crippen molar-refractivity contribution in [1.82, 2.24) is 14.2 Å². The summed E-state index contributed by atoms with van der Waals surface area (Å²) in [7, 11) is -3.99. The zero-order chi connectivity index (χ0) is 15.6. The summed E-state index contributed by atoms with van der Waals surface area (Å²) in [6.45, 7) is 2.32. The molecule has 0 radical (unpaired) electrons. The first-order valence-electron chi connectivity index (χ1n) is 6.41. The highest BCUT2D eigenvalue weighted by molar-refractivity contribution is 7.89. The maximum Gasteiger partial charge on any atom is 0.320 e. The van der Waals surface area contributed by atoms with E-state index in [1.54, 1.807) is 11.8 Å². The van der Waals surface area contributed by atoms with Crippen LogP contribution in [0.4, 0.5) is 4.39 Å². The van der Waals surface area contributed by atoms with Crippen LogP contribution in [0, 0.1) is 5.82 Å². The Morgan fingerprint density at radius 2 is 2.00 bits per heavy atom. The lowest BCUT2D eigenvalue weighted by molar-refractivity contribution is -0.143. The fourth-order valence-electron chi connectivity index (χ4n) is 2.17. The summed E-state index contributed by atoms with van der Waals surface area (Å²) in [5.74, 6) is -1.85. The number of pyridine rings is 1. The van der Waals surface area contributed by atoms with Gasteiger partial charge >= 0.3 is 5.97 Å². The molecule has 1 aromatic rings. The molecule has 2 rings (SSSR count). The minimum atomic E-state index is -3.99. The molecule has 9 heteroatoms. The van der Waals surface area contributed by atoms with Crippen molar-refractivity contribution in [2.24, 2.45) is 0 Å². The third-order valence-corrected chi connectivity index (χ3v) is 5.32. The first-order chi connectivity index (χ1) is 9.84. The Hall–Kier alpha value is -1.58. The number of carboxylic acids is 1. The van der Waals surface area contributed by atoms with E-state index in [1.165, 1.54) is 12.3 Å². The number of hydrogen-bond donors (Lipinski definition) is 1. The molecule has 0 amide bonds. The molecule has 1 N–H and O–H groups in total. The fraction of sp³-hybridized carbons (Fsp3) is 0.500. The van der Waals surface area contributed by atoms with Crippen molar-refractivity contribution in [1.29, 1.82) is 0 Å². The molecule has 1 unspecified atom stereocenters. The molecular formula is C12H16FN3O4S. The fourth-order valence-corrected chi connectivity index (χ4v) is 3.57. The Morgan fingerprint density at radius 1 is 1.38 bits per heavy atom. The van der Waals surface area contributed by atoms with E-state index in [2.05, 4.69) is 4.98 Å². The summed E-state index contributed by atoms with van der Waals surface area (Å²) in [6, 6.07) is 1.69. The van der Waals surface area contributed by atoms with E-state index in [1.807, 2.05) is 0 Å². The first kappa shape index (κ1) is 15.8. The molecule has 7 nitrogen and oxygen atoms in total. The van der Waals surface area contributed by atoms with Gasteiger partial charge < -0.3 is 5.11 Å². The van der Waals surface area contributed by atoms with E-state index in [4.69, 9.17) is 5.11 Å². The molecule has 2 heterocycles. The zero-order valence-electron chi connectivity index (χ0n) is 11.4. The van der Waals surface area contributed by atoms with E-state index in [0.29, 0.717) is 0 Å². The third-order valence-electron chi connectivity index (χ3n) is 3.49. The SMILES string of the molecule is CC(C(=O)O)N1CCN(S(=O)(=O)c2ncccc2F)CC1. The summed E-state index contributed by atoms with van der Waals surface area (Å²) in [4.78, 5) is 16.2. The molecule has 1 atom stereocenters. The van der Waals surface area contributed by atoms with E-state index in [-0.39, 0.29) is 26.2 Å². The Bertz CT molecular complexity index is 629. The van der Waals surface area contributed by atoms with Crippen LogP contribution in [0.3, 0.4) is 0 Å². The van der Waals surface area contributed by atoms with Crippen molar-refractivity contribution in [3.63, 3.8) is 0 Å². The molecule has 1 aliphatic rings. The summed E-state index contributed by atoms with van der Waals surface area (Å²) in [5.41, 5.74) is 0. The van der Waals surface area contributed by atoms with Gasteiger partial charge in [-0.25, -0.2) is 17.8 Å². The molecule has 116 valence electrons. The van der Waals surface area contributed by atoms with Crippen LogP contribution in [-0.2, 0) is 14.8 Å². The second kappa shape index (κ2) is 6.04. The Kier molecular flexibility index (Phi) is 4.55. The molecule has 1 aliphatic heterocycles. The number of aliphatic carboxylic acids is 1. The van der Waals surface area contributed by atoms with Gasteiger partial charge in [-0.05, 0) is 19.1 Å². The normalized spacial score (nSPS) is 19.3. The summed E-state index contributed by atoms with van der Waals surface area (Å²) >= 11 is 0. The average molecular weight is 317 g/mol. The Balaban J connectivity index is 2.12. The number of sulfonamides is 1. The predicted molar refractivity (Wildman–Crippen MR) is 71.6 cm³/mol. The zero-order valence-corrected chi connectivity index (χ0v) is 12.3. The highest BCUT2D eigenvalue weighted by Crippen LogP contribution is 2.18. The third kappa shape index (κ3) is 3.20. The molecule has 1 saturated heterocycles. The average Bonchev–Trinajstić information content (AvgIpc) is 2.46. The van der Waals surface area contributed by atoms with Crippen LogP contribution in [-0.4, -0.2) is 65.9 Å². The van der Waals surface area contributed by atoms with Gasteiger partial charge in [-0.15, -0.1) is 0 Å². The molecule has 0 aromatic carbocycles. The van der Waals surface area contributed by atoms with Crippen molar-refractivity contribution in [2.75, 3.05) is 26.2 Å².